The standard InChI is InChI=1S/C14H11BrClN5/c1-8-2-3-10(15)6-13(8)21-14(18-19-20-21)9-4-11(16)7-12(17)5-9/h2-7H,17H2,1H3. The minimum Gasteiger partial charge on any atom is -0.399 e. The Morgan fingerprint density at radius 2 is 2.00 bits per heavy atom. The van der Waals surface area contributed by atoms with Crippen LogP contribution in [-0.4, -0.2) is 20.2 Å². The van der Waals surface area contributed by atoms with Crippen LogP contribution in [0.15, 0.2) is 40.9 Å². The number of nitrogens with zero attached hydrogens (tertiary/aromatic N) is 4. The molecular weight excluding hydrogens is 354 g/mol. The lowest BCUT2D eigenvalue weighted by molar-refractivity contribution is 0.787. The Bertz CT molecular complexity index is 795. The van der Waals surface area contributed by atoms with Crippen LogP contribution >= 0.6 is 27.5 Å². The molecule has 0 fully saturated rings. The van der Waals surface area contributed by atoms with Gasteiger partial charge in [0.05, 0.1) is 5.69 Å². The summed E-state index contributed by atoms with van der Waals surface area (Å²) < 4.78 is 2.63. The van der Waals surface area contributed by atoms with Gasteiger partial charge in [-0.2, -0.15) is 4.68 Å². The summed E-state index contributed by atoms with van der Waals surface area (Å²) in [5, 5.41) is 12.5. The number of halogens is 2. The van der Waals surface area contributed by atoms with Crippen molar-refractivity contribution >= 4 is 33.2 Å². The van der Waals surface area contributed by atoms with Gasteiger partial charge in [-0.25, -0.2) is 0 Å². The number of hydrogen-bond donors (Lipinski definition) is 1. The molecule has 0 aliphatic heterocycles. The molecule has 3 aromatic rings. The van der Waals surface area contributed by atoms with Crippen LogP contribution in [0.2, 0.25) is 5.02 Å². The van der Waals surface area contributed by atoms with Crippen LogP contribution in [0, 0.1) is 6.92 Å². The van der Waals surface area contributed by atoms with E-state index < -0.39 is 0 Å². The Balaban J connectivity index is 2.19. The maximum atomic E-state index is 6.06. The molecule has 106 valence electrons. The first-order chi connectivity index (χ1) is 10.0. The van der Waals surface area contributed by atoms with E-state index in [4.69, 9.17) is 17.3 Å². The van der Waals surface area contributed by atoms with Crippen molar-refractivity contribution in [3.63, 3.8) is 0 Å². The minimum absolute atomic E-state index is 0.547. The van der Waals surface area contributed by atoms with Gasteiger partial charge in [-0.15, -0.1) is 5.10 Å². The molecule has 0 unspecified atom stereocenters. The summed E-state index contributed by atoms with van der Waals surface area (Å²) in [6, 6.07) is 11.2. The molecule has 5 nitrogen and oxygen atoms in total. The molecule has 1 aromatic heterocycles. The third-order valence-electron chi connectivity index (χ3n) is 3.05. The zero-order valence-electron chi connectivity index (χ0n) is 11.1. The molecule has 0 saturated carbocycles. The Hall–Kier alpha value is -1.92. The van der Waals surface area contributed by atoms with Gasteiger partial charge in [0.15, 0.2) is 5.82 Å². The maximum absolute atomic E-state index is 6.06. The third kappa shape index (κ3) is 2.77. The fraction of sp³-hybridized carbons (Fsp3) is 0.0714. The van der Waals surface area contributed by atoms with Gasteiger partial charge in [-0.3, -0.25) is 0 Å². The Kier molecular flexibility index (Phi) is 3.65. The predicted octanol–water partition coefficient (Wildman–Crippen LogP) is 3.64. The van der Waals surface area contributed by atoms with E-state index in [0.717, 1.165) is 21.3 Å². The first-order valence-corrected chi connectivity index (χ1v) is 7.33. The molecular formula is C14H11BrClN5. The molecule has 0 aliphatic carbocycles. The third-order valence-corrected chi connectivity index (χ3v) is 3.76. The smallest absolute Gasteiger partial charge is 0.187 e. The van der Waals surface area contributed by atoms with Gasteiger partial charge in [0, 0.05) is 20.7 Å². The molecule has 21 heavy (non-hydrogen) atoms. The fourth-order valence-corrected chi connectivity index (χ4v) is 2.67. The summed E-state index contributed by atoms with van der Waals surface area (Å²) in [6.07, 6.45) is 0. The van der Waals surface area contributed by atoms with Crippen molar-refractivity contribution < 1.29 is 0 Å². The van der Waals surface area contributed by atoms with E-state index in [2.05, 4.69) is 31.5 Å². The number of nitrogens with two attached hydrogens (primary N) is 1. The van der Waals surface area contributed by atoms with E-state index in [-0.39, 0.29) is 0 Å². The quantitative estimate of drug-likeness (QED) is 0.705. The topological polar surface area (TPSA) is 69.6 Å². The molecule has 2 aromatic carbocycles. The summed E-state index contributed by atoms with van der Waals surface area (Å²) in [4.78, 5) is 0. The van der Waals surface area contributed by atoms with E-state index in [1.165, 1.54) is 0 Å². The summed E-state index contributed by atoms with van der Waals surface area (Å²) in [6.45, 7) is 2.00. The zero-order valence-corrected chi connectivity index (χ0v) is 13.4. The Morgan fingerprint density at radius 1 is 1.19 bits per heavy atom. The highest BCUT2D eigenvalue weighted by molar-refractivity contribution is 9.10. The van der Waals surface area contributed by atoms with Crippen molar-refractivity contribution in [3.05, 3.63) is 51.5 Å². The number of benzene rings is 2. The number of aryl methyl sites for hydroxylation is 1. The van der Waals surface area contributed by atoms with Crippen LogP contribution in [0.3, 0.4) is 0 Å². The lowest BCUT2D eigenvalue weighted by atomic mass is 10.1. The molecule has 0 saturated heterocycles. The summed E-state index contributed by atoms with van der Waals surface area (Å²) >= 11 is 9.52. The SMILES string of the molecule is Cc1ccc(Br)cc1-n1nnnc1-c1cc(N)cc(Cl)c1. The molecule has 0 spiro atoms. The first-order valence-electron chi connectivity index (χ1n) is 6.16. The van der Waals surface area contributed by atoms with E-state index in [1.54, 1.807) is 22.9 Å². The highest BCUT2D eigenvalue weighted by Gasteiger charge is 2.14. The van der Waals surface area contributed by atoms with Crippen molar-refractivity contribution in [2.24, 2.45) is 0 Å². The molecule has 0 atom stereocenters. The number of anilines is 1. The minimum atomic E-state index is 0.547. The molecule has 0 radical (unpaired) electrons. The van der Waals surface area contributed by atoms with Crippen molar-refractivity contribution in [3.8, 4) is 17.1 Å². The second kappa shape index (κ2) is 5.46. The summed E-state index contributed by atoms with van der Waals surface area (Å²) in [7, 11) is 0. The van der Waals surface area contributed by atoms with E-state index in [1.807, 2.05) is 25.1 Å². The molecule has 2 N–H and O–H groups in total. The predicted molar refractivity (Wildman–Crippen MR) is 86.4 cm³/mol. The average Bonchev–Trinajstić information content (AvgIpc) is 2.89. The van der Waals surface area contributed by atoms with Gasteiger partial charge in [0.2, 0.25) is 0 Å². The molecule has 0 bridgehead atoms. The highest BCUT2D eigenvalue weighted by Crippen LogP contribution is 2.27. The van der Waals surface area contributed by atoms with Crippen molar-refractivity contribution in [2.75, 3.05) is 5.73 Å². The number of nitrogen functional groups attached to an aromatic ring is 1. The van der Waals surface area contributed by atoms with Crippen LogP contribution < -0.4 is 5.73 Å². The van der Waals surface area contributed by atoms with Crippen LogP contribution in [0.4, 0.5) is 5.69 Å². The molecule has 3 rings (SSSR count). The number of tetrazole rings is 1. The second-order valence-corrected chi connectivity index (χ2v) is 5.97. The number of hydrogen-bond acceptors (Lipinski definition) is 4. The van der Waals surface area contributed by atoms with E-state index in [9.17, 15) is 0 Å². The molecule has 0 aliphatic rings. The lowest BCUT2D eigenvalue weighted by Crippen LogP contribution is -2.02. The monoisotopic (exact) mass is 363 g/mol. The van der Waals surface area contributed by atoms with Crippen LogP contribution in [0.5, 0.6) is 0 Å². The van der Waals surface area contributed by atoms with Crippen molar-refractivity contribution in [1.29, 1.82) is 0 Å². The lowest BCUT2D eigenvalue weighted by Gasteiger charge is -2.09. The second-order valence-electron chi connectivity index (χ2n) is 4.62. The van der Waals surface area contributed by atoms with Crippen LogP contribution in [0.1, 0.15) is 5.56 Å². The molecule has 7 heteroatoms. The van der Waals surface area contributed by atoms with Gasteiger partial charge in [0.25, 0.3) is 0 Å². The zero-order chi connectivity index (χ0) is 15.0. The Labute approximate surface area is 134 Å². The fourth-order valence-electron chi connectivity index (χ4n) is 2.08. The number of rotatable bonds is 2. The van der Waals surface area contributed by atoms with Crippen molar-refractivity contribution in [1.82, 2.24) is 20.2 Å². The van der Waals surface area contributed by atoms with Gasteiger partial charge in [-0.1, -0.05) is 33.6 Å². The maximum Gasteiger partial charge on any atom is 0.187 e. The van der Waals surface area contributed by atoms with E-state index in [0.29, 0.717) is 16.5 Å². The average molecular weight is 365 g/mol. The van der Waals surface area contributed by atoms with Gasteiger partial charge < -0.3 is 5.73 Å². The molecule has 0 amide bonds. The van der Waals surface area contributed by atoms with Gasteiger partial charge in [0.1, 0.15) is 0 Å². The van der Waals surface area contributed by atoms with Crippen LogP contribution in [-0.2, 0) is 0 Å². The number of aromatic nitrogens is 4. The van der Waals surface area contributed by atoms with Gasteiger partial charge in [-0.05, 0) is 53.2 Å². The summed E-state index contributed by atoms with van der Waals surface area (Å²) in [5.74, 6) is 0.588. The Morgan fingerprint density at radius 3 is 2.76 bits per heavy atom. The highest BCUT2D eigenvalue weighted by atomic mass is 79.9. The van der Waals surface area contributed by atoms with Gasteiger partial charge >= 0.3 is 0 Å². The normalized spacial score (nSPS) is 10.8. The van der Waals surface area contributed by atoms with E-state index >= 15 is 0 Å². The summed E-state index contributed by atoms with van der Waals surface area (Å²) in [5.41, 5.74) is 9.12. The molecule has 1 heterocycles. The van der Waals surface area contributed by atoms with Crippen molar-refractivity contribution in [2.45, 2.75) is 6.92 Å². The first kappa shape index (κ1) is 14.0. The van der Waals surface area contributed by atoms with Crippen LogP contribution in [0.25, 0.3) is 17.1 Å². The largest absolute Gasteiger partial charge is 0.399 e.